The Kier molecular flexibility index (Phi) is 8.38. The molecule has 1 aromatic heterocycles. The maximum Gasteiger partial charge on any atom is 0.415 e. The number of nitrogens with zero attached hydrogens (tertiary/aromatic N) is 2. The molecule has 1 aliphatic heterocycles. The third kappa shape index (κ3) is 5.98. The van der Waals surface area contributed by atoms with E-state index in [0.29, 0.717) is 11.6 Å². The molecule has 5 atom stereocenters. The number of carbonyl (C=O) groups excluding carboxylic acids is 2. The first-order valence-corrected chi connectivity index (χ1v) is 14.9. The molecule has 2 amide bonds. The lowest BCUT2D eigenvalue weighted by Crippen LogP contribution is -2.54. The van der Waals surface area contributed by atoms with E-state index in [9.17, 15) is 29.1 Å². The van der Waals surface area contributed by atoms with E-state index in [-0.39, 0.29) is 59.5 Å². The molecule has 0 spiro atoms. The molecule has 2 aromatic rings. The number of hydrogen-bond donors (Lipinski definition) is 7. The van der Waals surface area contributed by atoms with E-state index in [0.717, 1.165) is 19.3 Å². The molecule has 2 heterocycles. The van der Waals surface area contributed by atoms with Gasteiger partial charge in [-0.05, 0) is 61.3 Å². The van der Waals surface area contributed by atoms with Crippen molar-refractivity contribution < 1.29 is 34.1 Å². The molecule has 8 N–H and O–H groups in total. The van der Waals surface area contributed by atoms with E-state index in [2.05, 4.69) is 46.7 Å². The average Bonchev–Trinajstić information content (AvgIpc) is 3.31. The van der Waals surface area contributed by atoms with Gasteiger partial charge in [-0.15, -0.1) is 0 Å². The van der Waals surface area contributed by atoms with Crippen LogP contribution in [0.25, 0.3) is 0 Å². The van der Waals surface area contributed by atoms with Crippen LogP contribution in [0.3, 0.4) is 0 Å². The van der Waals surface area contributed by atoms with Crippen molar-refractivity contribution in [1.29, 1.82) is 0 Å². The molecular formula is C30H39N7O8. The van der Waals surface area contributed by atoms with Crippen molar-refractivity contribution in [1.82, 2.24) is 15.3 Å². The Morgan fingerprint density at radius 3 is 2.49 bits per heavy atom. The molecule has 1 aromatic carbocycles. The van der Waals surface area contributed by atoms with Gasteiger partial charge in [0.25, 0.3) is 11.5 Å². The molecule has 0 unspecified atom stereocenters. The monoisotopic (exact) mass is 625 g/mol. The van der Waals surface area contributed by atoms with Crippen molar-refractivity contribution in [2.24, 2.45) is 16.7 Å². The number of aromatic nitrogens is 2. The Balaban J connectivity index is 1.29. The minimum atomic E-state index is -1.35. The number of hydrogen-bond acceptors (Lipinski definition) is 10. The van der Waals surface area contributed by atoms with Gasteiger partial charge >= 0.3 is 18.0 Å². The first kappa shape index (κ1) is 31.6. The molecule has 2 fully saturated rings. The van der Waals surface area contributed by atoms with Crippen LogP contribution in [0.1, 0.15) is 63.2 Å². The fraction of sp³-hybridized carbons (Fsp3) is 0.533. The number of nitrogen functional groups attached to an aromatic ring is 1. The Morgan fingerprint density at radius 1 is 1.18 bits per heavy atom. The van der Waals surface area contributed by atoms with Crippen LogP contribution in [0.2, 0.25) is 0 Å². The maximum absolute atomic E-state index is 13.9. The number of carboxylic acids is 2. The van der Waals surface area contributed by atoms with E-state index in [1.165, 1.54) is 17.0 Å². The van der Waals surface area contributed by atoms with Gasteiger partial charge in [0.1, 0.15) is 12.1 Å². The van der Waals surface area contributed by atoms with Gasteiger partial charge in [-0.25, -0.2) is 9.59 Å². The number of fused-ring (bicyclic) bond motifs is 3. The number of carbonyl (C=O) groups is 4. The average molecular weight is 626 g/mol. The lowest BCUT2D eigenvalue weighted by molar-refractivity contribution is -0.140. The van der Waals surface area contributed by atoms with Crippen LogP contribution in [-0.4, -0.2) is 75.4 Å². The topological polar surface area (TPSA) is 229 Å². The highest BCUT2D eigenvalue weighted by atomic mass is 16.6. The number of carboxylic acid groups (broad SMARTS) is 2. The third-order valence-corrected chi connectivity index (χ3v) is 10.1. The molecule has 0 saturated heterocycles. The van der Waals surface area contributed by atoms with Crippen LogP contribution in [0.15, 0.2) is 29.1 Å². The van der Waals surface area contributed by atoms with Gasteiger partial charge in [0, 0.05) is 36.2 Å². The second-order valence-electron chi connectivity index (χ2n) is 12.8. The molecule has 45 heavy (non-hydrogen) atoms. The van der Waals surface area contributed by atoms with Crippen molar-refractivity contribution in [2.45, 2.75) is 71.1 Å². The first-order valence-electron chi connectivity index (χ1n) is 14.9. The van der Waals surface area contributed by atoms with Gasteiger partial charge in [-0.2, -0.15) is 4.98 Å². The highest BCUT2D eigenvalue weighted by Crippen LogP contribution is 2.66. The molecular weight excluding hydrogens is 586 g/mol. The third-order valence-electron chi connectivity index (χ3n) is 10.1. The number of benzene rings is 1. The van der Waals surface area contributed by atoms with Gasteiger partial charge < -0.3 is 36.6 Å². The Labute approximate surface area is 258 Å². The predicted molar refractivity (Wildman–Crippen MR) is 164 cm³/mol. The number of rotatable bonds is 10. The standard InChI is InChI=1S/C30H39N7O8/c1-29(2)16-10-11-30(29,3)20(12-16)45-28(44)37-18(14-33-23-22(37)25(41)36-27(31)35-23)13-32-17-6-4-15(5-7-17)24(40)34-19(26(42)43)8-9-21(38)39/h4-7,16,18-20,32H,8-14H2,1-3H3,(H,34,40)(H,38,39)(H,42,43)(H4,31,33,35,36,41)/t16-,18-,19-,20+,30+/m0/s1. The number of amides is 2. The quantitative estimate of drug-likeness (QED) is 0.202. The molecule has 5 rings (SSSR count). The van der Waals surface area contributed by atoms with E-state index in [1.54, 1.807) is 12.1 Å². The highest BCUT2D eigenvalue weighted by Gasteiger charge is 2.63. The molecule has 3 aliphatic rings. The van der Waals surface area contributed by atoms with Gasteiger partial charge in [0.05, 0.1) is 6.04 Å². The summed E-state index contributed by atoms with van der Waals surface area (Å²) < 4.78 is 6.17. The number of nitrogens with one attached hydrogen (secondary N) is 4. The lowest BCUT2D eigenvalue weighted by atomic mass is 9.70. The molecule has 15 nitrogen and oxygen atoms in total. The highest BCUT2D eigenvalue weighted by molar-refractivity contribution is 5.97. The second kappa shape index (κ2) is 11.9. The minimum absolute atomic E-state index is 0.0164. The fourth-order valence-corrected chi connectivity index (χ4v) is 6.95. The summed E-state index contributed by atoms with van der Waals surface area (Å²) in [6.07, 6.45) is 1.22. The van der Waals surface area contributed by atoms with Gasteiger partial charge in [0.2, 0.25) is 5.95 Å². The Bertz CT molecular complexity index is 1560. The summed E-state index contributed by atoms with van der Waals surface area (Å²) in [5.74, 6) is -2.61. The van der Waals surface area contributed by atoms with Crippen molar-refractivity contribution in [3.8, 4) is 0 Å². The van der Waals surface area contributed by atoms with E-state index < -0.39 is 48.0 Å². The van der Waals surface area contributed by atoms with Crippen LogP contribution in [0.4, 0.5) is 27.9 Å². The Hall–Kier alpha value is -4.82. The van der Waals surface area contributed by atoms with E-state index >= 15 is 0 Å². The number of aliphatic carboxylic acids is 2. The smallest absolute Gasteiger partial charge is 0.415 e. The van der Waals surface area contributed by atoms with Crippen LogP contribution < -0.4 is 32.1 Å². The van der Waals surface area contributed by atoms with Crippen LogP contribution in [0, 0.1) is 16.7 Å². The minimum Gasteiger partial charge on any atom is -0.481 e. The first-order chi connectivity index (χ1) is 21.2. The summed E-state index contributed by atoms with van der Waals surface area (Å²) in [7, 11) is 0. The number of nitrogens with two attached hydrogens (primary N) is 1. The predicted octanol–water partition coefficient (Wildman–Crippen LogP) is 2.46. The van der Waals surface area contributed by atoms with Crippen molar-refractivity contribution in [3.63, 3.8) is 0 Å². The molecule has 242 valence electrons. The van der Waals surface area contributed by atoms with Crippen molar-refractivity contribution in [3.05, 3.63) is 40.2 Å². The van der Waals surface area contributed by atoms with Crippen molar-refractivity contribution >= 4 is 47.1 Å². The molecule has 2 saturated carbocycles. The zero-order valence-electron chi connectivity index (χ0n) is 25.4. The molecule has 15 heteroatoms. The molecule has 2 aliphatic carbocycles. The number of ether oxygens (including phenoxy) is 1. The molecule has 2 bridgehead atoms. The summed E-state index contributed by atoms with van der Waals surface area (Å²) in [5.41, 5.74) is 5.81. The number of H-pyrrole nitrogens is 1. The van der Waals surface area contributed by atoms with Crippen molar-refractivity contribution in [2.75, 3.05) is 34.4 Å². The summed E-state index contributed by atoms with van der Waals surface area (Å²) in [6, 6.07) is 4.29. The lowest BCUT2D eigenvalue weighted by Gasteiger charge is -2.41. The van der Waals surface area contributed by atoms with Crippen LogP contribution in [-0.2, 0) is 14.3 Å². The van der Waals surface area contributed by atoms with E-state index in [4.69, 9.17) is 15.6 Å². The normalized spacial score (nSPS) is 25.0. The van der Waals surface area contributed by atoms with Crippen LogP contribution in [0.5, 0.6) is 0 Å². The SMILES string of the molecule is CC1(C)[C@H]2CC[C@]1(C)[C@H](OC(=O)N1c3c(nc(N)[nH]c3=O)NC[C@@H]1CNc1ccc(C(=O)N[C@@H](CCC(=O)O)C(=O)O)cc1)C2. The summed E-state index contributed by atoms with van der Waals surface area (Å²) in [5, 5.41) is 26.8. The molecule has 0 radical (unpaired) electrons. The Morgan fingerprint density at radius 2 is 1.89 bits per heavy atom. The van der Waals surface area contributed by atoms with Gasteiger partial charge in [-0.3, -0.25) is 24.3 Å². The summed E-state index contributed by atoms with van der Waals surface area (Å²) >= 11 is 0. The zero-order chi connectivity index (χ0) is 32.7. The second-order valence-corrected chi connectivity index (χ2v) is 12.8. The van der Waals surface area contributed by atoms with Gasteiger partial charge in [0.15, 0.2) is 11.5 Å². The maximum atomic E-state index is 13.9. The fourth-order valence-electron chi connectivity index (χ4n) is 6.95. The summed E-state index contributed by atoms with van der Waals surface area (Å²) in [4.78, 5) is 69.8. The van der Waals surface area contributed by atoms with Gasteiger partial charge in [-0.1, -0.05) is 20.8 Å². The largest absolute Gasteiger partial charge is 0.481 e. The van der Waals surface area contributed by atoms with Crippen LogP contribution >= 0.6 is 0 Å². The van der Waals surface area contributed by atoms with E-state index in [1.807, 2.05) is 0 Å². The zero-order valence-corrected chi connectivity index (χ0v) is 25.4. The summed E-state index contributed by atoms with van der Waals surface area (Å²) in [6.45, 7) is 7.06. The number of aromatic amines is 1. The number of anilines is 4.